The molecule has 2 unspecified atom stereocenters. The third kappa shape index (κ3) is 2.10. The van der Waals surface area contributed by atoms with Crippen LogP contribution < -0.4 is 11.2 Å². The molecular formula is C10H14N2O6. The standard InChI is InChI=1S/C10H14N2O6/c1-4(13)8-6(15)7(16)9(18-8)12-3-2-5(14)11-10(12)17/h2-4,6-9,13,15-16H,1H3,(H,11,14,17)/t4?,6-,7+,8+,9?/m0/s1. The molecular weight excluding hydrogens is 244 g/mol. The Kier molecular flexibility index (Phi) is 3.35. The van der Waals surface area contributed by atoms with E-state index in [1.807, 2.05) is 4.98 Å². The van der Waals surface area contributed by atoms with Gasteiger partial charge in [0, 0.05) is 12.3 Å². The van der Waals surface area contributed by atoms with Crippen LogP contribution >= 0.6 is 0 Å². The smallest absolute Gasteiger partial charge is 0.330 e. The van der Waals surface area contributed by atoms with Gasteiger partial charge in [-0.2, -0.15) is 0 Å². The summed E-state index contributed by atoms with van der Waals surface area (Å²) in [6.45, 7) is 1.40. The minimum absolute atomic E-state index is 0.573. The van der Waals surface area contributed by atoms with E-state index in [9.17, 15) is 24.9 Å². The van der Waals surface area contributed by atoms with E-state index in [0.717, 1.165) is 16.8 Å². The molecule has 0 bridgehead atoms. The molecule has 5 atom stereocenters. The summed E-state index contributed by atoms with van der Waals surface area (Å²) in [5, 5.41) is 28.8. The lowest BCUT2D eigenvalue weighted by molar-refractivity contribution is -0.0804. The molecule has 0 radical (unpaired) electrons. The van der Waals surface area contributed by atoms with Crippen LogP contribution in [0, 0.1) is 0 Å². The molecule has 100 valence electrons. The fourth-order valence-electron chi connectivity index (χ4n) is 1.94. The van der Waals surface area contributed by atoms with Crippen LogP contribution in [0.2, 0.25) is 0 Å². The maximum absolute atomic E-state index is 11.5. The van der Waals surface area contributed by atoms with Crippen molar-refractivity contribution in [2.24, 2.45) is 0 Å². The summed E-state index contributed by atoms with van der Waals surface area (Å²) in [5.74, 6) is 0. The first-order valence-electron chi connectivity index (χ1n) is 5.43. The SMILES string of the molecule is CC(O)[C@H]1OC(n2ccc(=O)[nH]c2=O)[C@H](O)[C@@H]1O. The highest BCUT2D eigenvalue weighted by Crippen LogP contribution is 2.29. The van der Waals surface area contributed by atoms with Crippen LogP contribution in [0.15, 0.2) is 21.9 Å². The average molecular weight is 258 g/mol. The quantitative estimate of drug-likeness (QED) is 0.466. The fraction of sp³-hybridized carbons (Fsp3) is 0.600. The van der Waals surface area contributed by atoms with Crippen LogP contribution in [0.25, 0.3) is 0 Å². The van der Waals surface area contributed by atoms with E-state index in [1.54, 1.807) is 0 Å². The number of ether oxygens (including phenoxy) is 1. The van der Waals surface area contributed by atoms with Crippen LogP contribution in [0.4, 0.5) is 0 Å². The van der Waals surface area contributed by atoms with Gasteiger partial charge in [0.2, 0.25) is 0 Å². The van der Waals surface area contributed by atoms with Gasteiger partial charge in [0.1, 0.15) is 18.3 Å². The van der Waals surface area contributed by atoms with Gasteiger partial charge in [0.05, 0.1) is 6.10 Å². The first-order valence-corrected chi connectivity index (χ1v) is 5.43. The number of hydrogen-bond acceptors (Lipinski definition) is 6. The molecule has 1 aromatic rings. The molecule has 1 aliphatic heterocycles. The Labute approximate surface area is 101 Å². The van der Waals surface area contributed by atoms with Crippen molar-refractivity contribution in [3.63, 3.8) is 0 Å². The summed E-state index contributed by atoms with van der Waals surface area (Å²) in [7, 11) is 0. The number of aromatic amines is 1. The van der Waals surface area contributed by atoms with Crippen LogP contribution in [-0.2, 0) is 4.74 Å². The second-order valence-electron chi connectivity index (χ2n) is 4.23. The topological polar surface area (TPSA) is 125 Å². The summed E-state index contributed by atoms with van der Waals surface area (Å²) in [6, 6.07) is 1.10. The first-order chi connectivity index (χ1) is 8.41. The summed E-state index contributed by atoms with van der Waals surface area (Å²) in [6.07, 6.45) is -4.67. The van der Waals surface area contributed by atoms with Gasteiger partial charge in [-0.25, -0.2) is 4.79 Å². The van der Waals surface area contributed by atoms with Crippen molar-refractivity contribution in [1.29, 1.82) is 0 Å². The molecule has 18 heavy (non-hydrogen) atoms. The molecule has 0 aromatic carbocycles. The fourth-order valence-corrected chi connectivity index (χ4v) is 1.94. The summed E-state index contributed by atoms with van der Waals surface area (Å²) < 4.78 is 6.20. The third-order valence-electron chi connectivity index (χ3n) is 2.88. The largest absolute Gasteiger partial charge is 0.391 e. The maximum atomic E-state index is 11.5. The minimum atomic E-state index is -1.37. The maximum Gasteiger partial charge on any atom is 0.330 e. The predicted molar refractivity (Wildman–Crippen MR) is 58.9 cm³/mol. The highest BCUT2D eigenvalue weighted by atomic mass is 16.6. The third-order valence-corrected chi connectivity index (χ3v) is 2.88. The molecule has 1 fully saturated rings. The van der Waals surface area contributed by atoms with Gasteiger partial charge in [-0.05, 0) is 6.92 Å². The number of nitrogens with one attached hydrogen (secondary N) is 1. The zero-order valence-electron chi connectivity index (χ0n) is 9.56. The summed E-state index contributed by atoms with van der Waals surface area (Å²) in [5.41, 5.74) is -1.33. The van der Waals surface area contributed by atoms with Crippen molar-refractivity contribution in [3.05, 3.63) is 33.1 Å². The Morgan fingerprint density at radius 2 is 2.06 bits per heavy atom. The molecule has 0 saturated carbocycles. The molecule has 1 aromatic heterocycles. The number of aromatic nitrogens is 2. The normalized spacial score (nSPS) is 33.6. The van der Waals surface area contributed by atoms with Gasteiger partial charge in [-0.3, -0.25) is 14.3 Å². The lowest BCUT2D eigenvalue weighted by Gasteiger charge is -2.17. The van der Waals surface area contributed by atoms with Crippen molar-refractivity contribution in [1.82, 2.24) is 9.55 Å². The van der Waals surface area contributed by atoms with Crippen molar-refractivity contribution in [2.75, 3.05) is 0 Å². The zero-order chi connectivity index (χ0) is 13.4. The van der Waals surface area contributed by atoms with Crippen molar-refractivity contribution >= 4 is 0 Å². The zero-order valence-corrected chi connectivity index (χ0v) is 9.56. The second-order valence-corrected chi connectivity index (χ2v) is 4.23. The van der Waals surface area contributed by atoms with Gasteiger partial charge >= 0.3 is 5.69 Å². The van der Waals surface area contributed by atoms with Crippen LogP contribution in [0.5, 0.6) is 0 Å². The van der Waals surface area contributed by atoms with Crippen molar-refractivity contribution < 1.29 is 20.1 Å². The molecule has 0 amide bonds. The van der Waals surface area contributed by atoms with Gasteiger partial charge in [0.25, 0.3) is 5.56 Å². The highest BCUT2D eigenvalue weighted by molar-refractivity contribution is 4.94. The van der Waals surface area contributed by atoms with Gasteiger partial charge < -0.3 is 20.1 Å². The molecule has 0 aliphatic carbocycles. The molecule has 0 spiro atoms. The van der Waals surface area contributed by atoms with Crippen LogP contribution in [0.1, 0.15) is 13.2 Å². The molecule has 2 rings (SSSR count). The molecule has 8 heteroatoms. The number of aliphatic hydroxyl groups is 3. The van der Waals surface area contributed by atoms with Crippen LogP contribution in [0.3, 0.4) is 0 Å². The summed E-state index contributed by atoms with van der Waals surface area (Å²) in [4.78, 5) is 24.5. The summed E-state index contributed by atoms with van der Waals surface area (Å²) >= 11 is 0. The van der Waals surface area contributed by atoms with E-state index < -0.39 is 41.9 Å². The Morgan fingerprint density at radius 1 is 1.39 bits per heavy atom. The average Bonchev–Trinajstić information content (AvgIpc) is 2.57. The first kappa shape index (κ1) is 13.0. The highest BCUT2D eigenvalue weighted by Gasteiger charge is 2.45. The van der Waals surface area contributed by atoms with Crippen molar-refractivity contribution in [2.45, 2.75) is 37.6 Å². The molecule has 2 heterocycles. The lowest BCUT2D eigenvalue weighted by Crippen LogP contribution is -2.38. The molecule has 4 N–H and O–H groups in total. The van der Waals surface area contributed by atoms with E-state index in [1.165, 1.54) is 6.92 Å². The van der Waals surface area contributed by atoms with E-state index >= 15 is 0 Å². The number of rotatable bonds is 2. The number of H-pyrrole nitrogens is 1. The number of hydrogen-bond donors (Lipinski definition) is 4. The molecule has 8 nitrogen and oxygen atoms in total. The van der Waals surface area contributed by atoms with Gasteiger partial charge in [-0.15, -0.1) is 0 Å². The number of nitrogens with zero attached hydrogens (tertiary/aromatic N) is 1. The minimum Gasteiger partial charge on any atom is -0.391 e. The Bertz CT molecular complexity index is 536. The van der Waals surface area contributed by atoms with E-state index in [-0.39, 0.29) is 0 Å². The van der Waals surface area contributed by atoms with E-state index in [2.05, 4.69) is 0 Å². The second kappa shape index (κ2) is 4.65. The van der Waals surface area contributed by atoms with E-state index in [4.69, 9.17) is 4.74 Å². The van der Waals surface area contributed by atoms with Crippen LogP contribution in [-0.4, -0.2) is 49.3 Å². The van der Waals surface area contributed by atoms with E-state index in [0.29, 0.717) is 0 Å². The Morgan fingerprint density at radius 3 is 2.56 bits per heavy atom. The number of aliphatic hydroxyl groups excluding tert-OH is 3. The lowest BCUT2D eigenvalue weighted by atomic mass is 10.1. The predicted octanol–water partition coefficient (Wildman–Crippen LogP) is -2.46. The Hall–Kier alpha value is -1.48. The Balaban J connectivity index is 2.35. The van der Waals surface area contributed by atoms with Crippen molar-refractivity contribution in [3.8, 4) is 0 Å². The molecule has 1 aliphatic rings. The van der Waals surface area contributed by atoms with Gasteiger partial charge in [-0.1, -0.05) is 0 Å². The van der Waals surface area contributed by atoms with Gasteiger partial charge in [0.15, 0.2) is 6.23 Å². The monoisotopic (exact) mass is 258 g/mol. The molecule has 1 saturated heterocycles.